The van der Waals surface area contributed by atoms with Gasteiger partial charge in [-0.05, 0) is 84.0 Å². The molecule has 0 atom stereocenters. The first-order chi connectivity index (χ1) is 19.3. The molecular weight excluding hydrogens is 524 g/mol. The van der Waals surface area contributed by atoms with Crippen LogP contribution < -0.4 is 14.2 Å². The Morgan fingerprint density at radius 1 is 0.975 bits per heavy atom. The van der Waals surface area contributed by atoms with E-state index in [0.717, 1.165) is 46.4 Å². The summed E-state index contributed by atoms with van der Waals surface area (Å²) < 4.78 is 39.2. The lowest BCUT2D eigenvalue weighted by molar-refractivity contribution is -0.120. The highest BCUT2D eigenvalue weighted by molar-refractivity contribution is 7.89. The zero-order valence-electron chi connectivity index (χ0n) is 22.2. The van der Waals surface area contributed by atoms with Gasteiger partial charge < -0.3 is 9.47 Å². The van der Waals surface area contributed by atoms with Gasteiger partial charge in [0.1, 0.15) is 5.78 Å². The number of pyridine rings is 1. The Bertz CT molecular complexity index is 1670. The minimum Gasteiger partial charge on any atom is -0.454 e. The normalized spacial score (nSPS) is 15.1. The molecule has 0 amide bonds. The number of ketones is 1. The maximum Gasteiger partial charge on any atom is 0.240 e. The van der Waals surface area contributed by atoms with Crippen molar-refractivity contribution in [1.29, 1.82) is 0 Å². The van der Waals surface area contributed by atoms with Gasteiger partial charge in [0.25, 0.3) is 0 Å². The zero-order valence-corrected chi connectivity index (χ0v) is 23.0. The van der Waals surface area contributed by atoms with Crippen molar-refractivity contribution in [2.75, 3.05) is 13.3 Å². The first-order valence-corrected chi connectivity index (χ1v) is 14.9. The summed E-state index contributed by atoms with van der Waals surface area (Å²) in [6.07, 6.45) is 4.19. The fourth-order valence-corrected chi connectivity index (χ4v) is 6.28. The molecule has 1 aliphatic carbocycles. The predicted octanol–water partition coefficient (Wildman–Crippen LogP) is 5.40. The number of aromatic nitrogens is 1. The molecule has 1 aliphatic heterocycles. The smallest absolute Gasteiger partial charge is 0.240 e. The number of hydrogen-bond donors (Lipinski definition) is 1. The number of nitrogens with zero attached hydrogens (tertiary/aromatic N) is 1. The van der Waals surface area contributed by atoms with Crippen LogP contribution in [-0.4, -0.2) is 32.5 Å². The maximum absolute atomic E-state index is 13.5. The van der Waals surface area contributed by atoms with Gasteiger partial charge in [0, 0.05) is 32.7 Å². The molecule has 1 fully saturated rings. The number of benzene rings is 3. The van der Waals surface area contributed by atoms with E-state index in [9.17, 15) is 13.2 Å². The maximum atomic E-state index is 13.5. The molecule has 40 heavy (non-hydrogen) atoms. The van der Waals surface area contributed by atoms with Crippen LogP contribution in [-0.2, 0) is 33.1 Å². The number of sulfonamides is 1. The molecule has 1 aromatic heterocycles. The molecule has 2 heterocycles. The van der Waals surface area contributed by atoms with Crippen LogP contribution in [0, 0.1) is 6.92 Å². The monoisotopic (exact) mass is 556 g/mol. The first-order valence-electron chi connectivity index (χ1n) is 13.4. The van der Waals surface area contributed by atoms with Gasteiger partial charge in [0.2, 0.25) is 16.8 Å². The highest BCUT2D eigenvalue weighted by Gasteiger charge is 2.50. The molecule has 0 radical (unpaired) electrons. The van der Waals surface area contributed by atoms with Crippen molar-refractivity contribution in [2.24, 2.45) is 0 Å². The van der Waals surface area contributed by atoms with Crippen molar-refractivity contribution in [3.05, 3.63) is 107 Å². The lowest BCUT2D eigenvalue weighted by Gasteiger charge is -2.16. The number of hydrogen-bond acceptors (Lipinski definition) is 6. The molecule has 7 nitrogen and oxygen atoms in total. The Kier molecular flexibility index (Phi) is 6.90. The van der Waals surface area contributed by atoms with Crippen LogP contribution in [0.5, 0.6) is 11.5 Å². The molecule has 1 saturated carbocycles. The summed E-state index contributed by atoms with van der Waals surface area (Å²) in [5.74, 6) is 1.61. The number of rotatable bonds is 10. The third kappa shape index (κ3) is 5.24. The minimum absolute atomic E-state index is 0. The molecule has 8 heteroatoms. The van der Waals surface area contributed by atoms with Gasteiger partial charge in [-0.25, -0.2) is 13.1 Å². The number of aryl methyl sites for hydroxylation is 1. The van der Waals surface area contributed by atoms with Gasteiger partial charge in [-0.3, -0.25) is 9.78 Å². The largest absolute Gasteiger partial charge is 0.454 e. The number of fused-ring (bicyclic) bond motifs is 1. The highest BCUT2D eigenvalue weighted by Crippen LogP contribution is 2.51. The van der Waals surface area contributed by atoms with Crippen LogP contribution in [0.15, 0.2) is 90.0 Å². The van der Waals surface area contributed by atoms with E-state index in [1.165, 1.54) is 0 Å². The molecule has 4 aromatic rings. The van der Waals surface area contributed by atoms with Crippen LogP contribution >= 0.6 is 0 Å². The van der Waals surface area contributed by atoms with Crippen LogP contribution in [0.1, 0.15) is 36.7 Å². The van der Waals surface area contributed by atoms with Crippen LogP contribution in [0.3, 0.4) is 0 Å². The molecular formula is C32H32N2O5S. The molecule has 0 saturated heterocycles. The fraction of sp³-hybridized carbons (Fsp3) is 0.250. The summed E-state index contributed by atoms with van der Waals surface area (Å²) >= 11 is 0. The Morgan fingerprint density at radius 3 is 2.52 bits per heavy atom. The average Bonchev–Trinajstić information content (AvgIpc) is 3.65. The summed E-state index contributed by atoms with van der Waals surface area (Å²) in [6.45, 7) is 2.49. The summed E-state index contributed by atoms with van der Waals surface area (Å²) in [4.78, 5) is 17.9. The second kappa shape index (κ2) is 10.5. The highest BCUT2D eigenvalue weighted by atomic mass is 32.2. The number of carbonyl (C=O) groups excluding carboxylic acids is 1. The van der Waals surface area contributed by atoms with Crippen LogP contribution in [0.2, 0.25) is 0 Å². The minimum atomic E-state index is -3.64. The zero-order chi connectivity index (χ0) is 27.7. The topological polar surface area (TPSA) is 94.6 Å². The number of ether oxygens (including phenoxy) is 2. The van der Waals surface area contributed by atoms with Crippen molar-refractivity contribution in [3.63, 3.8) is 0 Å². The standard InChI is InChI=1S/C32H30N2O5S.H2/c1-22-5-6-23(19-31(35)32(14-15-32)25-9-12-29-30(20-25)39-21-38-29)18-28(22)24-7-10-27(11-8-24)40(36,37)34-17-13-26-4-2-3-16-33-26;/h2-12,16,18,20,34H,13-15,17,19,21H2,1H3;1H. The second-order valence-electron chi connectivity index (χ2n) is 10.4. The Morgan fingerprint density at radius 2 is 1.77 bits per heavy atom. The molecule has 6 rings (SSSR count). The molecule has 0 unspecified atom stereocenters. The first kappa shape index (κ1) is 26.2. The number of carbonyl (C=O) groups is 1. The predicted molar refractivity (Wildman–Crippen MR) is 154 cm³/mol. The SMILES string of the molecule is Cc1ccc(CC(=O)C2(c3ccc4c(c3)OCO4)CC2)cc1-c1ccc(S(=O)(=O)NCCc2ccccn2)cc1.[HH]. The van der Waals surface area contributed by atoms with E-state index < -0.39 is 15.4 Å². The lowest BCUT2D eigenvalue weighted by Crippen LogP contribution is -2.26. The molecule has 2 aliphatic rings. The molecule has 0 bridgehead atoms. The van der Waals surface area contributed by atoms with E-state index in [0.29, 0.717) is 24.3 Å². The number of nitrogens with one attached hydrogen (secondary N) is 1. The van der Waals surface area contributed by atoms with E-state index in [1.54, 1.807) is 18.3 Å². The van der Waals surface area contributed by atoms with Gasteiger partial charge >= 0.3 is 0 Å². The van der Waals surface area contributed by atoms with Gasteiger partial charge in [-0.2, -0.15) is 0 Å². The summed E-state index contributed by atoms with van der Waals surface area (Å²) in [6, 6.07) is 24.3. The second-order valence-corrected chi connectivity index (χ2v) is 12.2. The third-order valence-corrected chi connectivity index (χ3v) is 9.23. The van der Waals surface area contributed by atoms with Gasteiger partial charge in [-0.15, -0.1) is 0 Å². The van der Waals surface area contributed by atoms with E-state index in [4.69, 9.17) is 9.47 Å². The van der Waals surface area contributed by atoms with Gasteiger partial charge in [0.15, 0.2) is 11.5 Å². The molecule has 3 aromatic carbocycles. The van der Waals surface area contributed by atoms with E-state index >= 15 is 0 Å². The Labute approximate surface area is 235 Å². The quantitative estimate of drug-likeness (QED) is 0.281. The Balaban J connectivity index is 0.00000337. The van der Waals surface area contributed by atoms with Crippen molar-refractivity contribution < 1.29 is 24.1 Å². The van der Waals surface area contributed by atoms with Crippen molar-refractivity contribution >= 4 is 15.8 Å². The number of Topliss-reactive ketones (excluding diaryl/α,β-unsaturated/α-hetero) is 1. The van der Waals surface area contributed by atoms with Crippen LogP contribution in [0.25, 0.3) is 11.1 Å². The van der Waals surface area contributed by atoms with Crippen molar-refractivity contribution in [3.8, 4) is 22.6 Å². The van der Waals surface area contributed by atoms with Crippen LogP contribution in [0.4, 0.5) is 0 Å². The average molecular weight is 557 g/mol. The van der Waals surface area contributed by atoms with E-state index in [-0.39, 0.29) is 25.4 Å². The summed E-state index contributed by atoms with van der Waals surface area (Å²) in [7, 11) is -3.64. The van der Waals surface area contributed by atoms with Gasteiger partial charge in [-0.1, -0.05) is 42.5 Å². The van der Waals surface area contributed by atoms with Crippen molar-refractivity contribution in [2.45, 2.75) is 42.9 Å². The van der Waals surface area contributed by atoms with Gasteiger partial charge in [0.05, 0.1) is 10.3 Å². The Hall–Kier alpha value is -4.01. The molecule has 206 valence electrons. The third-order valence-electron chi connectivity index (χ3n) is 7.75. The summed E-state index contributed by atoms with van der Waals surface area (Å²) in [5, 5.41) is 0. The fourth-order valence-electron chi connectivity index (χ4n) is 5.25. The van der Waals surface area contributed by atoms with E-state index in [2.05, 4.69) is 9.71 Å². The summed E-state index contributed by atoms with van der Waals surface area (Å²) in [5.41, 5.74) is 5.22. The van der Waals surface area contributed by atoms with E-state index in [1.807, 2.05) is 73.7 Å². The lowest BCUT2D eigenvalue weighted by atomic mass is 9.87. The molecule has 0 spiro atoms. The molecule has 1 N–H and O–H groups in total. The van der Waals surface area contributed by atoms with Crippen molar-refractivity contribution in [1.82, 2.24) is 9.71 Å².